The van der Waals surface area contributed by atoms with Crippen molar-refractivity contribution in [1.82, 2.24) is 9.78 Å². The van der Waals surface area contributed by atoms with Gasteiger partial charge in [0.05, 0.1) is 17.3 Å². The van der Waals surface area contributed by atoms with Gasteiger partial charge in [-0.3, -0.25) is 9.48 Å². The highest BCUT2D eigenvalue weighted by Crippen LogP contribution is 2.17. The first-order valence-electron chi connectivity index (χ1n) is 5.82. The van der Waals surface area contributed by atoms with Gasteiger partial charge in [-0.05, 0) is 31.2 Å². The monoisotopic (exact) mass is 254 g/mol. The van der Waals surface area contributed by atoms with E-state index in [2.05, 4.69) is 11.2 Å². The van der Waals surface area contributed by atoms with Gasteiger partial charge in [0.1, 0.15) is 5.69 Å². The predicted molar refractivity (Wildman–Crippen MR) is 71.8 cm³/mol. The van der Waals surface area contributed by atoms with E-state index in [9.17, 15) is 4.79 Å². The summed E-state index contributed by atoms with van der Waals surface area (Å²) in [4.78, 5) is 13.9. The minimum atomic E-state index is -0.154. The minimum Gasteiger partial charge on any atom is -0.310 e. The summed E-state index contributed by atoms with van der Waals surface area (Å²) in [6, 6.07) is 10.7. The van der Waals surface area contributed by atoms with Crippen LogP contribution in [0.2, 0.25) is 0 Å². The van der Waals surface area contributed by atoms with Crippen LogP contribution >= 0.6 is 0 Å². The number of benzene rings is 1. The van der Waals surface area contributed by atoms with E-state index in [1.807, 2.05) is 6.92 Å². The molecule has 96 valence electrons. The lowest BCUT2D eigenvalue weighted by Gasteiger charge is -2.17. The molecule has 0 aliphatic rings. The molecule has 0 spiro atoms. The molecule has 0 unspecified atom stereocenters. The normalized spacial score (nSPS) is 10.0. The van der Waals surface area contributed by atoms with E-state index >= 15 is 0 Å². The van der Waals surface area contributed by atoms with Crippen LogP contribution in [0.5, 0.6) is 0 Å². The lowest BCUT2D eigenvalue weighted by molar-refractivity contribution is 0.0984. The molecule has 2 aromatic rings. The van der Waals surface area contributed by atoms with Gasteiger partial charge in [0.25, 0.3) is 5.91 Å². The van der Waals surface area contributed by atoms with E-state index in [-0.39, 0.29) is 5.91 Å². The zero-order valence-corrected chi connectivity index (χ0v) is 11.1. The van der Waals surface area contributed by atoms with Gasteiger partial charge < -0.3 is 4.90 Å². The van der Waals surface area contributed by atoms with Crippen LogP contribution in [-0.2, 0) is 7.05 Å². The number of hydrogen-bond donors (Lipinski definition) is 0. The summed E-state index contributed by atoms with van der Waals surface area (Å²) < 4.78 is 1.56. The Morgan fingerprint density at radius 2 is 2.16 bits per heavy atom. The molecular formula is C14H14N4O. The number of nitriles is 1. The van der Waals surface area contributed by atoms with E-state index in [0.29, 0.717) is 16.9 Å². The molecule has 0 saturated heterocycles. The van der Waals surface area contributed by atoms with Gasteiger partial charge in [0.15, 0.2) is 0 Å². The quantitative estimate of drug-likeness (QED) is 0.822. The third kappa shape index (κ3) is 2.47. The largest absolute Gasteiger partial charge is 0.310 e. The lowest BCUT2D eigenvalue weighted by Crippen LogP contribution is -2.28. The maximum absolute atomic E-state index is 12.4. The Balaban J connectivity index is 2.33. The molecule has 0 N–H and O–H groups in total. The Morgan fingerprint density at radius 3 is 2.74 bits per heavy atom. The van der Waals surface area contributed by atoms with Gasteiger partial charge in [-0.2, -0.15) is 10.4 Å². The molecule has 0 atom stereocenters. The second-order valence-electron chi connectivity index (χ2n) is 4.32. The van der Waals surface area contributed by atoms with Crippen LogP contribution in [0.3, 0.4) is 0 Å². The molecule has 1 amide bonds. The van der Waals surface area contributed by atoms with Crippen molar-refractivity contribution in [2.75, 3.05) is 11.9 Å². The average molecular weight is 254 g/mol. The molecule has 1 aromatic heterocycles. The number of nitrogens with zero attached hydrogens (tertiary/aromatic N) is 4. The smallest absolute Gasteiger partial charge is 0.276 e. The first-order chi connectivity index (χ1) is 9.02. The third-order valence-corrected chi connectivity index (χ3v) is 2.89. The molecule has 1 aromatic carbocycles. The van der Waals surface area contributed by atoms with Crippen LogP contribution in [0.1, 0.15) is 21.7 Å². The molecule has 1 heterocycles. The summed E-state index contributed by atoms with van der Waals surface area (Å²) in [5.41, 5.74) is 2.52. The molecule has 5 heteroatoms. The first-order valence-corrected chi connectivity index (χ1v) is 5.82. The molecule has 0 aliphatic carbocycles. The standard InChI is InChI=1S/C14H14N4O/c1-10-7-13(18(3)16-10)14(19)17(2)12-6-4-5-11(8-12)9-15/h4-8H,1-3H3. The number of anilines is 1. The molecule has 5 nitrogen and oxygen atoms in total. The van der Waals surface area contributed by atoms with Crippen molar-refractivity contribution >= 4 is 11.6 Å². The second-order valence-corrected chi connectivity index (χ2v) is 4.32. The van der Waals surface area contributed by atoms with Crippen molar-refractivity contribution in [1.29, 1.82) is 5.26 Å². The Hall–Kier alpha value is -2.61. The maximum Gasteiger partial charge on any atom is 0.276 e. The van der Waals surface area contributed by atoms with Crippen molar-refractivity contribution in [3.63, 3.8) is 0 Å². The topological polar surface area (TPSA) is 61.9 Å². The SMILES string of the molecule is Cc1cc(C(=O)N(C)c2cccc(C#N)c2)n(C)n1. The molecular weight excluding hydrogens is 240 g/mol. The Morgan fingerprint density at radius 1 is 1.42 bits per heavy atom. The highest BCUT2D eigenvalue weighted by molar-refractivity contribution is 6.04. The number of amides is 1. The Kier molecular flexibility index (Phi) is 3.34. The van der Waals surface area contributed by atoms with Crippen LogP contribution in [0.15, 0.2) is 30.3 Å². The molecule has 0 radical (unpaired) electrons. The summed E-state index contributed by atoms with van der Waals surface area (Å²) >= 11 is 0. The van der Waals surface area contributed by atoms with E-state index < -0.39 is 0 Å². The maximum atomic E-state index is 12.4. The van der Waals surface area contributed by atoms with Crippen molar-refractivity contribution < 1.29 is 4.79 Å². The zero-order chi connectivity index (χ0) is 14.0. The Labute approximate surface area is 111 Å². The van der Waals surface area contributed by atoms with Crippen LogP contribution in [-0.4, -0.2) is 22.7 Å². The molecule has 0 aliphatic heterocycles. The van der Waals surface area contributed by atoms with Crippen molar-refractivity contribution in [2.24, 2.45) is 7.05 Å². The average Bonchev–Trinajstić information content (AvgIpc) is 2.76. The minimum absolute atomic E-state index is 0.154. The fraction of sp³-hybridized carbons (Fsp3) is 0.214. The Bertz CT molecular complexity index is 666. The highest BCUT2D eigenvalue weighted by atomic mass is 16.2. The second kappa shape index (κ2) is 4.94. The molecule has 0 saturated carbocycles. The fourth-order valence-electron chi connectivity index (χ4n) is 1.88. The van der Waals surface area contributed by atoms with E-state index in [0.717, 1.165) is 5.69 Å². The van der Waals surface area contributed by atoms with Gasteiger partial charge in [-0.1, -0.05) is 6.07 Å². The number of aromatic nitrogens is 2. The number of carbonyl (C=O) groups is 1. The molecule has 19 heavy (non-hydrogen) atoms. The van der Waals surface area contributed by atoms with E-state index in [4.69, 9.17) is 5.26 Å². The number of carbonyl (C=O) groups excluding carboxylic acids is 1. The van der Waals surface area contributed by atoms with E-state index in [1.54, 1.807) is 49.1 Å². The lowest BCUT2D eigenvalue weighted by atomic mass is 10.2. The van der Waals surface area contributed by atoms with E-state index in [1.165, 1.54) is 4.90 Å². The van der Waals surface area contributed by atoms with Gasteiger partial charge in [-0.15, -0.1) is 0 Å². The summed E-state index contributed by atoms with van der Waals surface area (Å²) in [5.74, 6) is -0.154. The van der Waals surface area contributed by atoms with Gasteiger partial charge in [0, 0.05) is 19.8 Å². The van der Waals surface area contributed by atoms with Gasteiger partial charge in [0.2, 0.25) is 0 Å². The highest BCUT2D eigenvalue weighted by Gasteiger charge is 2.17. The van der Waals surface area contributed by atoms with Crippen molar-refractivity contribution in [3.05, 3.63) is 47.3 Å². The fourth-order valence-corrected chi connectivity index (χ4v) is 1.88. The number of aryl methyl sites for hydroxylation is 2. The van der Waals surface area contributed by atoms with Crippen molar-refractivity contribution in [3.8, 4) is 6.07 Å². The first kappa shape index (κ1) is 12.8. The van der Waals surface area contributed by atoms with Crippen LogP contribution < -0.4 is 4.90 Å². The summed E-state index contributed by atoms with van der Waals surface area (Å²) in [6.07, 6.45) is 0. The summed E-state index contributed by atoms with van der Waals surface area (Å²) in [7, 11) is 3.42. The van der Waals surface area contributed by atoms with Crippen LogP contribution in [0.25, 0.3) is 0 Å². The summed E-state index contributed by atoms with van der Waals surface area (Å²) in [5, 5.41) is 13.0. The van der Waals surface area contributed by atoms with Gasteiger partial charge in [-0.25, -0.2) is 0 Å². The van der Waals surface area contributed by atoms with Crippen LogP contribution in [0.4, 0.5) is 5.69 Å². The third-order valence-electron chi connectivity index (χ3n) is 2.89. The number of rotatable bonds is 2. The predicted octanol–water partition coefficient (Wildman–Crippen LogP) is 1.88. The number of hydrogen-bond acceptors (Lipinski definition) is 3. The zero-order valence-electron chi connectivity index (χ0n) is 11.1. The molecule has 2 rings (SSSR count). The molecule has 0 fully saturated rings. The van der Waals surface area contributed by atoms with Crippen molar-refractivity contribution in [2.45, 2.75) is 6.92 Å². The summed E-state index contributed by atoms with van der Waals surface area (Å²) in [6.45, 7) is 1.84. The van der Waals surface area contributed by atoms with Gasteiger partial charge >= 0.3 is 0 Å². The molecule has 0 bridgehead atoms. The van der Waals surface area contributed by atoms with Crippen LogP contribution in [0, 0.1) is 18.3 Å².